The van der Waals surface area contributed by atoms with E-state index in [-0.39, 0.29) is 4.83 Å². The molecule has 2 rings (SSSR count). The lowest BCUT2D eigenvalue weighted by Crippen LogP contribution is -1.97. The first-order valence-electron chi connectivity index (χ1n) is 6.12. The topological polar surface area (TPSA) is 0 Å². The fourth-order valence-electron chi connectivity index (χ4n) is 2.00. The molecule has 0 nitrogen and oxygen atoms in total. The average molecular weight is 358 g/mol. The van der Waals surface area contributed by atoms with E-state index in [1.54, 1.807) is 6.07 Å². The highest BCUT2D eigenvalue weighted by molar-refractivity contribution is 9.09. The molecule has 0 aliphatic rings. The van der Waals surface area contributed by atoms with Gasteiger partial charge in [-0.2, -0.15) is 0 Å². The first-order chi connectivity index (χ1) is 8.97. The molecule has 0 saturated carbocycles. The number of halogens is 3. The molecule has 1 unspecified atom stereocenters. The smallest absolute Gasteiger partial charge is 0.0464 e. The minimum Gasteiger partial charge on any atom is -0.0843 e. The molecule has 0 aliphatic heterocycles. The fourth-order valence-corrected chi connectivity index (χ4v) is 3.45. The monoisotopic (exact) mass is 356 g/mol. The standard InChI is InChI=1S/C16H15BrCl2/c1-10-3-4-12(7-11(10)2)8-15(17)14-6-5-13(18)9-16(14)19/h3-7,9,15H,8H2,1-2H3. The van der Waals surface area contributed by atoms with Gasteiger partial charge in [-0.25, -0.2) is 0 Å². The maximum absolute atomic E-state index is 6.23. The number of alkyl halides is 1. The van der Waals surface area contributed by atoms with Crippen LogP contribution < -0.4 is 0 Å². The van der Waals surface area contributed by atoms with E-state index in [4.69, 9.17) is 23.2 Å². The Kier molecular flexibility index (Phi) is 4.94. The zero-order chi connectivity index (χ0) is 14.0. The van der Waals surface area contributed by atoms with Crippen LogP contribution in [-0.2, 0) is 6.42 Å². The average Bonchev–Trinajstić information content (AvgIpc) is 2.33. The molecule has 0 saturated heterocycles. The van der Waals surface area contributed by atoms with E-state index in [2.05, 4.69) is 48.0 Å². The third kappa shape index (κ3) is 3.75. The number of rotatable bonds is 3. The van der Waals surface area contributed by atoms with Crippen LogP contribution in [0.4, 0.5) is 0 Å². The summed E-state index contributed by atoms with van der Waals surface area (Å²) in [7, 11) is 0. The SMILES string of the molecule is Cc1ccc(CC(Br)c2ccc(Cl)cc2Cl)cc1C. The van der Waals surface area contributed by atoms with Crippen LogP contribution in [0.5, 0.6) is 0 Å². The van der Waals surface area contributed by atoms with Crippen molar-refractivity contribution in [2.75, 3.05) is 0 Å². The summed E-state index contributed by atoms with van der Waals surface area (Å²) in [5.74, 6) is 0. The molecule has 3 heteroatoms. The maximum Gasteiger partial charge on any atom is 0.0464 e. The van der Waals surface area contributed by atoms with Gasteiger partial charge in [-0.15, -0.1) is 0 Å². The van der Waals surface area contributed by atoms with Crippen molar-refractivity contribution in [3.63, 3.8) is 0 Å². The van der Waals surface area contributed by atoms with Gasteiger partial charge in [0.25, 0.3) is 0 Å². The van der Waals surface area contributed by atoms with Crippen LogP contribution in [0.1, 0.15) is 27.1 Å². The second-order valence-corrected chi connectivity index (χ2v) is 6.71. The summed E-state index contributed by atoms with van der Waals surface area (Å²) in [5.41, 5.74) is 5.01. The van der Waals surface area contributed by atoms with Crippen molar-refractivity contribution in [1.29, 1.82) is 0 Å². The second-order valence-electron chi connectivity index (χ2n) is 4.76. The Balaban J connectivity index is 2.20. The molecule has 0 N–H and O–H groups in total. The number of benzene rings is 2. The molecule has 0 spiro atoms. The highest BCUT2D eigenvalue weighted by Gasteiger charge is 2.13. The molecule has 2 aromatic rings. The van der Waals surface area contributed by atoms with Crippen molar-refractivity contribution in [3.8, 4) is 0 Å². The molecule has 0 bridgehead atoms. The number of hydrogen-bond acceptors (Lipinski definition) is 0. The van der Waals surface area contributed by atoms with Crippen LogP contribution in [-0.4, -0.2) is 0 Å². The molecule has 0 fully saturated rings. The van der Waals surface area contributed by atoms with Crippen molar-refractivity contribution in [2.45, 2.75) is 25.1 Å². The van der Waals surface area contributed by atoms with Gasteiger partial charge in [0.2, 0.25) is 0 Å². The minimum absolute atomic E-state index is 0.194. The first kappa shape index (κ1) is 14.9. The second kappa shape index (κ2) is 6.30. The fraction of sp³-hybridized carbons (Fsp3) is 0.250. The van der Waals surface area contributed by atoms with Gasteiger partial charge in [-0.1, -0.05) is 63.4 Å². The lowest BCUT2D eigenvalue weighted by atomic mass is 10.0. The van der Waals surface area contributed by atoms with E-state index in [1.165, 1.54) is 16.7 Å². The van der Waals surface area contributed by atoms with E-state index in [0.717, 1.165) is 12.0 Å². The maximum atomic E-state index is 6.23. The molecule has 2 aromatic carbocycles. The molecule has 0 radical (unpaired) electrons. The van der Waals surface area contributed by atoms with Crippen molar-refractivity contribution >= 4 is 39.1 Å². The first-order valence-corrected chi connectivity index (χ1v) is 7.79. The van der Waals surface area contributed by atoms with Gasteiger partial charge < -0.3 is 0 Å². The summed E-state index contributed by atoms with van der Waals surface area (Å²) in [4.78, 5) is 0.194. The summed E-state index contributed by atoms with van der Waals surface area (Å²) >= 11 is 15.9. The predicted octanol–water partition coefficient (Wildman–Crippen LogP) is 6.29. The molecule has 1 atom stereocenters. The number of hydrogen-bond donors (Lipinski definition) is 0. The number of aryl methyl sites for hydroxylation is 2. The van der Waals surface area contributed by atoms with Crippen LogP contribution in [0.2, 0.25) is 10.0 Å². The van der Waals surface area contributed by atoms with E-state index in [0.29, 0.717) is 10.0 Å². The van der Waals surface area contributed by atoms with Crippen molar-refractivity contribution in [1.82, 2.24) is 0 Å². The highest BCUT2D eigenvalue weighted by Crippen LogP contribution is 2.34. The Morgan fingerprint density at radius 3 is 2.37 bits per heavy atom. The normalized spacial score (nSPS) is 12.5. The molecule has 100 valence electrons. The Morgan fingerprint density at radius 1 is 1.00 bits per heavy atom. The van der Waals surface area contributed by atoms with E-state index >= 15 is 0 Å². The van der Waals surface area contributed by atoms with Crippen molar-refractivity contribution in [2.24, 2.45) is 0 Å². The summed E-state index contributed by atoms with van der Waals surface area (Å²) < 4.78 is 0. The van der Waals surface area contributed by atoms with Crippen molar-refractivity contribution < 1.29 is 0 Å². The van der Waals surface area contributed by atoms with Gasteiger partial charge in [0, 0.05) is 14.9 Å². The van der Waals surface area contributed by atoms with E-state index in [1.807, 2.05) is 12.1 Å². The Hall–Kier alpha value is -0.500. The third-order valence-corrected chi connectivity index (χ3v) is 4.67. The van der Waals surface area contributed by atoms with Crippen molar-refractivity contribution in [3.05, 3.63) is 68.7 Å². The quantitative estimate of drug-likeness (QED) is 0.566. The van der Waals surface area contributed by atoms with Crippen LogP contribution in [0.15, 0.2) is 36.4 Å². The van der Waals surface area contributed by atoms with Crippen LogP contribution in [0.3, 0.4) is 0 Å². The van der Waals surface area contributed by atoms with Crippen LogP contribution in [0, 0.1) is 13.8 Å². The van der Waals surface area contributed by atoms with Gasteiger partial charge in [-0.3, -0.25) is 0 Å². The van der Waals surface area contributed by atoms with Crippen LogP contribution in [0.25, 0.3) is 0 Å². The molecule has 0 aliphatic carbocycles. The third-order valence-electron chi connectivity index (χ3n) is 3.29. The Morgan fingerprint density at radius 2 is 1.74 bits per heavy atom. The summed E-state index contributed by atoms with van der Waals surface area (Å²) in [5, 5.41) is 1.37. The summed E-state index contributed by atoms with van der Waals surface area (Å²) in [6.45, 7) is 4.26. The highest BCUT2D eigenvalue weighted by atomic mass is 79.9. The van der Waals surface area contributed by atoms with Gasteiger partial charge in [0.1, 0.15) is 0 Å². The van der Waals surface area contributed by atoms with Crippen LogP contribution >= 0.6 is 39.1 Å². The van der Waals surface area contributed by atoms with Gasteiger partial charge >= 0.3 is 0 Å². The summed E-state index contributed by atoms with van der Waals surface area (Å²) in [6, 6.07) is 12.2. The van der Waals surface area contributed by atoms with E-state index in [9.17, 15) is 0 Å². The molecule has 0 amide bonds. The molecule has 0 aromatic heterocycles. The zero-order valence-corrected chi connectivity index (χ0v) is 14.0. The molecule has 19 heavy (non-hydrogen) atoms. The Labute approximate surface area is 132 Å². The summed E-state index contributed by atoms with van der Waals surface area (Å²) in [6.07, 6.45) is 0.905. The van der Waals surface area contributed by atoms with Gasteiger partial charge in [0.05, 0.1) is 0 Å². The minimum atomic E-state index is 0.194. The molecule has 0 heterocycles. The predicted molar refractivity (Wildman–Crippen MR) is 87.8 cm³/mol. The van der Waals surface area contributed by atoms with E-state index < -0.39 is 0 Å². The molecular weight excluding hydrogens is 343 g/mol. The Bertz CT molecular complexity index is 593. The zero-order valence-electron chi connectivity index (χ0n) is 10.9. The van der Waals surface area contributed by atoms with Gasteiger partial charge in [0.15, 0.2) is 0 Å². The lowest BCUT2D eigenvalue weighted by Gasteiger charge is -2.13. The van der Waals surface area contributed by atoms with Gasteiger partial charge in [-0.05, 0) is 54.7 Å². The largest absolute Gasteiger partial charge is 0.0843 e. The lowest BCUT2D eigenvalue weighted by molar-refractivity contribution is 0.946. The molecular formula is C16H15BrCl2.